The standard InChI is InChI=1S/C18H15ClFNO4/c1-10(22)12-3-6-14(7-4-12)21-17(23)11(2)25-18(24)15-8-5-13(20)9-16(15)19/h3-9,11H,1-2H3,(H,21,23)/t11-/m0/s1. The molecule has 2 aromatic carbocycles. The van der Waals surface area contributed by atoms with Crippen molar-refractivity contribution in [3.8, 4) is 0 Å². The summed E-state index contributed by atoms with van der Waals surface area (Å²) in [6, 6.07) is 9.54. The highest BCUT2D eigenvalue weighted by Gasteiger charge is 2.21. The molecule has 0 radical (unpaired) electrons. The van der Waals surface area contributed by atoms with Crippen LogP contribution in [0.1, 0.15) is 34.6 Å². The van der Waals surface area contributed by atoms with Crippen molar-refractivity contribution >= 4 is 34.9 Å². The number of rotatable bonds is 5. The van der Waals surface area contributed by atoms with Gasteiger partial charge in [0, 0.05) is 11.3 Å². The number of carbonyl (C=O) groups is 3. The molecule has 0 fully saturated rings. The zero-order chi connectivity index (χ0) is 18.6. The van der Waals surface area contributed by atoms with E-state index in [4.69, 9.17) is 16.3 Å². The second kappa shape index (κ2) is 7.90. The summed E-state index contributed by atoms with van der Waals surface area (Å²) >= 11 is 5.79. The average Bonchev–Trinajstić information content (AvgIpc) is 2.55. The number of amides is 1. The first-order valence-electron chi connectivity index (χ1n) is 7.36. The van der Waals surface area contributed by atoms with Gasteiger partial charge in [-0.05, 0) is 56.3 Å². The molecule has 5 nitrogen and oxygen atoms in total. The van der Waals surface area contributed by atoms with E-state index in [2.05, 4.69) is 5.32 Å². The van der Waals surface area contributed by atoms with Gasteiger partial charge in [-0.1, -0.05) is 11.6 Å². The minimum absolute atomic E-state index is 0.0338. The van der Waals surface area contributed by atoms with Crippen LogP contribution in [0.4, 0.5) is 10.1 Å². The van der Waals surface area contributed by atoms with Crippen molar-refractivity contribution in [3.05, 3.63) is 64.4 Å². The van der Waals surface area contributed by atoms with E-state index in [1.165, 1.54) is 19.9 Å². The third kappa shape index (κ3) is 4.87. The fourth-order valence-corrected chi connectivity index (χ4v) is 2.21. The molecule has 0 aromatic heterocycles. The maximum atomic E-state index is 13.0. The lowest BCUT2D eigenvalue weighted by atomic mass is 10.1. The van der Waals surface area contributed by atoms with Crippen molar-refractivity contribution in [1.82, 2.24) is 0 Å². The Bertz CT molecular complexity index is 820. The summed E-state index contributed by atoms with van der Waals surface area (Å²) in [5.41, 5.74) is 0.940. The Balaban J connectivity index is 1.99. The average molecular weight is 364 g/mol. The van der Waals surface area contributed by atoms with Crippen molar-refractivity contribution < 1.29 is 23.5 Å². The Hall–Kier alpha value is -2.73. The Morgan fingerprint density at radius 3 is 2.32 bits per heavy atom. The zero-order valence-electron chi connectivity index (χ0n) is 13.5. The SMILES string of the molecule is CC(=O)c1ccc(NC(=O)[C@H](C)OC(=O)c2ccc(F)cc2Cl)cc1. The number of nitrogens with one attached hydrogen (secondary N) is 1. The molecule has 25 heavy (non-hydrogen) atoms. The lowest BCUT2D eigenvalue weighted by molar-refractivity contribution is -0.123. The number of Topliss-reactive ketones (excluding diaryl/α,β-unsaturated/α-hetero) is 1. The van der Waals surface area contributed by atoms with Gasteiger partial charge in [0.2, 0.25) is 0 Å². The summed E-state index contributed by atoms with van der Waals surface area (Å²) in [6.07, 6.45) is -1.10. The summed E-state index contributed by atoms with van der Waals surface area (Å²) in [4.78, 5) is 35.3. The van der Waals surface area contributed by atoms with E-state index in [-0.39, 0.29) is 16.4 Å². The number of halogens is 2. The molecule has 0 aliphatic carbocycles. The summed E-state index contributed by atoms with van der Waals surface area (Å²) in [6.45, 7) is 2.84. The molecule has 0 aliphatic heterocycles. The van der Waals surface area contributed by atoms with Crippen molar-refractivity contribution in [2.45, 2.75) is 20.0 Å². The fourth-order valence-electron chi connectivity index (χ4n) is 1.96. The lowest BCUT2D eigenvalue weighted by Gasteiger charge is -2.14. The third-order valence-corrected chi connectivity index (χ3v) is 3.68. The summed E-state index contributed by atoms with van der Waals surface area (Å²) < 4.78 is 18.0. The first-order valence-corrected chi connectivity index (χ1v) is 7.73. The van der Waals surface area contributed by atoms with E-state index in [1.54, 1.807) is 24.3 Å². The van der Waals surface area contributed by atoms with Gasteiger partial charge in [-0.3, -0.25) is 9.59 Å². The monoisotopic (exact) mass is 363 g/mol. The van der Waals surface area contributed by atoms with Crippen LogP contribution in [0.5, 0.6) is 0 Å². The van der Waals surface area contributed by atoms with E-state index < -0.39 is 23.8 Å². The third-order valence-electron chi connectivity index (χ3n) is 3.36. The largest absolute Gasteiger partial charge is 0.449 e. The maximum absolute atomic E-state index is 13.0. The van der Waals surface area contributed by atoms with Gasteiger partial charge >= 0.3 is 5.97 Å². The van der Waals surface area contributed by atoms with E-state index in [9.17, 15) is 18.8 Å². The fraction of sp³-hybridized carbons (Fsp3) is 0.167. The highest BCUT2D eigenvalue weighted by Crippen LogP contribution is 2.19. The minimum Gasteiger partial charge on any atom is -0.449 e. The van der Waals surface area contributed by atoms with Crippen LogP contribution in [0.25, 0.3) is 0 Å². The van der Waals surface area contributed by atoms with Crippen molar-refractivity contribution in [1.29, 1.82) is 0 Å². The van der Waals surface area contributed by atoms with Crippen LogP contribution in [-0.4, -0.2) is 23.8 Å². The Kier molecular flexibility index (Phi) is 5.88. The van der Waals surface area contributed by atoms with Crippen molar-refractivity contribution in [3.63, 3.8) is 0 Å². The molecule has 130 valence electrons. The van der Waals surface area contributed by atoms with Crippen LogP contribution in [-0.2, 0) is 9.53 Å². The summed E-state index contributed by atoms with van der Waals surface area (Å²) in [5, 5.41) is 2.47. The number of ether oxygens (including phenoxy) is 1. The highest BCUT2D eigenvalue weighted by atomic mass is 35.5. The molecule has 0 aliphatic rings. The number of carbonyl (C=O) groups excluding carboxylic acids is 3. The number of hydrogen-bond donors (Lipinski definition) is 1. The minimum atomic E-state index is -1.10. The molecule has 0 saturated heterocycles. The number of anilines is 1. The molecule has 2 aromatic rings. The van der Waals surface area contributed by atoms with E-state index in [0.29, 0.717) is 11.3 Å². The van der Waals surface area contributed by atoms with Crippen LogP contribution in [0.3, 0.4) is 0 Å². The predicted octanol–water partition coefficient (Wildman–Crippen LogP) is 3.87. The van der Waals surface area contributed by atoms with Gasteiger partial charge in [-0.25, -0.2) is 9.18 Å². The Morgan fingerprint density at radius 2 is 1.76 bits per heavy atom. The predicted molar refractivity (Wildman–Crippen MR) is 91.4 cm³/mol. The highest BCUT2D eigenvalue weighted by molar-refractivity contribution is 6.33. The van der Waals surface area contributed by atoms with Gasteiger partial charge in [0.25, 0.3) is 5.91 Å². The second-order valence-electron chi connectivity index (χ2n) is 5.29. The van der Waals surface area contributed by atoms with Gasteiger partial charge < -0.3 is 10.1 Å². The molecular weight excluding hydrogens is 349 g/mol. The number of benzene rings is 2. The smallest absolute Gasteiger partial charge is 0.340 e. The molecule has 7 heteroatoms. The summed E-state index contributed by atoms with van der Waals surface area (Å²) in [7, 11) is 0. The molecule has 0 unspecified atom stereocenters. The van der Waals surface area contributed by atoms with Gasteiger partial charge in [-0.2, -0.15) is 0 Å². The molecule has 2 rings (SSSR count). The van der Waals surface area contributed by atoms with Gasteiger partial charge in [0.15, 0.2) is 11.9 Å². The number of ketones is 1. The van der Waals surface area contributed by atoms with Gasteiger partial charge in [0.1, 0.15) is 5.82 Å². The molecule has 1 N–H and O–H groups in total. The maximum Gasteiger partial charge on any atom is 0.340 e. The molecule has 0 saturated carbocycles. The van der Waals surface area contributed by atoms with Crippen molar-refractivity contribution in [2.24, 2.45) is 0 Å². The van der Waals surface area contributed by atoms with Gasteiger partial charge in [0.05, 0.1) is 10.6 Å². The molecule has 1 amide bonds. The molecule has 0 spiro atoms. The van der Waals surface area contributed by atoms with Crippen LogP contribution in [0.15, 0.2) is 42.5 Å². The molecule has 1 atom stereocenters. The van der Waals surface area contributed by atoms with E-state index in [1.807, 2.05) is 0 Å². The zero-order valence-corrected chi connectivity index (χ0v) is 14.3. The topological polar surface area (TPSA) is 72.5 Å². The number of esters is 1. The Labute approximate surface area is 148 Å². The Morgan fingerprint density at radius 1 is 1.12 bits per heavy atom. The number of hydrogen-bond acceptors (Lipinski definition) is 4. The normalized spacial score (nSPS) is 11.5. The first kappa shape index (κ1) is 18.6. The quantitative estimate of drug-likeness (QED) is 0.646. The molecular formula is C18H15ClFNO4. The van der Waals surface area contributed by atoms with Crippen LogP contribution in [0, 0.1) is 5.82 Å². The van der Waals surface area contributed by atoms with E-state index in [0.717, 1.165) is 12.1 Å². The first-order chi connectivity index (χ1) is 11.8. The second-order valence-corrected chi connectivity index (χ2v) is 5.70. The van der Waals surface area contributed by atoms with Crippen molar-refractivity contribution in [2.75, 3.05) is 5.32 Å². The van der Waals surface area contributed by atoms with Crippen LogP contribution in [0.2, 0.25) is 5.02 Å². The summed E-state index contributed by atoms with van der Waals surface area (Å²) in [5.74, 6) is -2.06. The molecule has 0 heterocycles. The van der Waals surface area contributed by atoms with E-state index >= 15 is 0 Å². The van der Waals surface area contributed by atoms with Crippen LogP contribution < -0.4 is 5.32 Å². The van der Waals surface area contributed by atoms with Gasteiger partial charge in [-0.15, -0.1) is 0 Å². The lowest BCUT2D eigenvalue weighted by Crippen LogP contribution is -2.30. The molecule has 0 bridgehead atoms. The van der Waals surface area contributed by atoms with Crippen LogP contribution >= 0.6 is 11.6 Å².